The summed E-state index contributed by atoms with van der Waals surface area (Å²) in [5, 5.41) is 2.08. The maximum atomic E-state index is 15.4. The number of aromatic nitrogens is 1. The second kappa shape index (κ2) is 19.0. The van der Waals surface area contributed by atoms with E-state index in [9.17, 15) is 57.5 Å². The van der Waals surface area contributed by atoms with E-state index in [4.69, 9.17) is 0 Å². The Labute approximate surface area is 378 Å². The van der Waals surface area contributed by atoms with Crippen molar-refractivity contribution < 1.29 is 97.2 Å². The molecule has 0 aliphatic carbocycles. The maximum Gasteiger partial charge on any atom is 0.200 e. The first-order valence-corrected chi connectivity index (χ1v) is 19.3. The summed E-state index contributed by atoms with van der Waals surface area (Å²) in [6.07, 6.45) is -3.29. The first kappa shape index (κ1) is 50.2. The normalized spacial score (nSPS) is 11.5. The summed E-state index contributed by atoms with van der Waals surface area (Å²) in [4.78, 5) is 12.9. The lowest BCUT2D eigenvalue weighted by molar-refractivity contribution is -0.688. The summed E-state index contributed by atoms with van der Waals surface area (Å²) in [5.41, 5.74) is -11.6. The number of rotatable bonds is 8. The van der Waals surface area contributed by atoms with Crippen LogP contribution in [-0.4, -0.2) is 11.9 Å². The van der Waals surface area contributed by atoms with Crippen LogP contribution in [0.3, 0.4) is 0 Å². The molecule has 7 aromatic carbocycles. The largest absolute Gasteiger partial charge is 0.289 e. The number of fused-ring (bicyclic) bond motifs is 1. The van der Waals surface area contributed by atoms with Gasteiger partial charge in [-0.25, -0.2) is 92.4 Å². The lowest BCUT2D eigenvalue weighted by Crippen LogP contribution is -2.81. The molecule has 23 heteroatoms. The van der Waals surface area contributed by atoms with Crippen LogP contribution in [0.4, 0.5) is 87.8 Å². The van der Waals surface area contributed by atoms with Crippen molar-refractivity contribution in [3.05, 3.63) is 230 Å². The summed E-state index contributed by atoms with van der Waals surface area (Å²) >= 11 is 0. The summed E-state index contributed by atoms with van der Waals surface area (Å²) in [6, 6.07) is 27.9. The third-order valence-corrected chi connectivity index (χ3v) is 11.1. The van der Waals surface area contributed by atoms with E-state index >= 15 is 35.1 Å². The van der Waals surface area contributed by atoms with E-state index in [-0.39, 0.29) is 5.78 Å². The van der Waals surface area contributed by atoms with E-state index in [1.807, 2.05) is 85.2 Å². The van der Waals surface area contributed by atoms with Crippen LogP contribution < -0.4 is 26.4 Å². The van der Waals surface area contributed by atoms with Gasteiger partial charge in [-0.2, -0.15) is 0 Å². The topological polar surface area (TPSA) is 20.9 Å². The van der Waals surface area contributed by atoms with Gasteiger partial charge >= 0.3 is 0 Å². The van der Waals surface area contributed by atoms with Gasteiger partial charge in [0.1, 0.15) is 52.7 Å². The molecular weight excluding hydrogens is 985 g/mol. The second-order valence-electron chi connectivity index (χ2n) is 14.9. The molecule has 0 amide bonds. The molecule has 1 aromatic heterocycles. The molecule has 0 bridgehead atoms. The number of pyridine rings is 1. The van der Waals surface area contributed by atoms with Gasteiger partial charge < -0.3 is 0 Å². The van der Waals surface area contributed by atoms with Crippen LogP contribution in [0, 0.1) is 116 Å². The summed E-state index contributed by atoms with van der Waals surface area (Å²) < 4.78 is 296. The lowest BCUT2D eigenvalue weighted by atomic mass is 9.12. The molecule has 0 aliphatic heterocycles. The second-order valence-corrected chi connectivity index (χ2v) is 14.9. The lowest BCUT2D eigenvalue weighted by Gasteiger charge is -2.44. The Morgan fingerprint density at radius 2 is 0.643 bits per heavy atom. The van der Waals surface area contributed by atoms with Crippen LogP contribution in [0.2, 0.25) is 0 Å². The van der Waals surface area contributed by atoms with Crippen LogP contribution in [0.5, 0.6) is 0 Å². The molecular formula is C47H18BF20NO. The quantitative estimate of drug-likeness (QED) is 0.0371. The third-order valence-electron chi connectivity index (χ3n) is 11.1. The van der Waals surface area contributed by atoms with Gasteiger partial charge in [-0.05, 0) is 10.8 Å². The number of hydrogen-bond acceptors (Lipinski definition) is 1. The van der Waals surface area contributed by atoms with E-state index in [1.165, 1.54) is 5.56 Å². The van der Waals surface area contributed by atoms with Crippen LogP contribution in [0.15, 0.2) is 97.3 Å². The summed E-state index contributed by atoms with van der Waals surface area (Å²) in [5.74, 6) is -71.3. The molecule has 0 aliphatic rings. The third kappa shape index (κ3) is 7.95. The van der Waals surface area contributed by atoms with E-state index in [0.717, 1.165) is 22.9 Å². The summed E-state index contributed by atoms with van der Waals surface area (Å²) in [6.45, 7) is 0.795. The van der Waals surface area contributed by atoms with E-state index < -0.39 is 144 Å². The molecule has 2 nitrogen and oxygen atoms in total. The Morgan fingerprint density at radius 3 is 1.00 bits per heavy atom. The minimum atomic E-state index is -7.22. The van der Waals surface area contributed by atoms with Gasteiger partial charge in [-0.1, -0.05) is 72.8 Å². The highest BCUT2D eigenvalue weighted by Crippen LogP contribution is 2.31. The zero-order valence-electron chi connectivity index (χ0n) is 33.9. The van der Waals surface area contributed by atoms with E-state index in [0.29, 0.717) is 5.56 Å². The van der Waals surface area contributed by atoms with Crippen molar-refractivity contribution in [1.82, 2.24) is 0 Å². The summed E-state index contributed by atoms with van der Waals surface area (Å²) in [7, 11) is 0. The molecule has 360 valence electrons. The van der Waals surface area contributed by atoms with Gasteiger partial charge in [0.05, 0.1) is 0 Å². The van der Waals surface area contributed by atoms with Gasteiger partial charge in [0.15, 0.2) is 94.5 Å². The van der Waals surface area contributed by atoms with Gasteiger partial charge in [0.25, 0.3) is 0 Å². The number of halogens is 20. The highest BCUT2D eigenvalue weighted by Gasteiger charge is 2.52. The number of carbonyl (C=O) groups is 1. The molecule has 0 N–H and O–H groups in total. The fourth-order valence-corrected chi connectivity index (χ4v) is 7.96. The van der Waals surface area contributed by atoms with Gasteiger partial charge in [0, 0.05) is 28.8 Å². The minimum absolute atomic E-state index is 0.0589. The van der Waals surface area contributed by atoms with Gasteiger partial charge in [-0.3, -0.25) is 4.79 Å². The zero-order chi connectivity index (χ0) is 51.4. The average Bonchev–Trinajstić information content (AvgIpc) is 3.36. The monoisotopic (exact) mass is 1000 g/mol. The first-order chi connectivity index (χ1) is 33.0. The molecule has 0 radical (unpaired) electrons. The molecule has 0 spiro atoms. The first-order valence-electron chi connectivity index (χ1n) is 19.3. The Kier molecular flexibility index (Phi) is 13.6. The predicted octanol–water partition coefficient (Wildman–Crippen LogP) is 10.3. The number of benzene rings is 7. The van der Waals surface area contributed by atoms with Crippen molar-refractivity contribution in [1.29, 1.82) is 0 Å². The van der Waals surface area contributed by atoms with Gasteiger partial charge in [-0.15, -0.1) is 21.9 Å². The predicted molar refractivity (Wildman–Crippen MR) is 209 cm³/mol. The number of hydrogen-bond donors (Lipinski definition) is 0. The Bertz CT molecular complexity index is 3040. The molecule has 0 fully saturated rings. The number of nitrogens with zero attached hydrogens (tertiary/aromatic N) is 1. The van der Waals surface area contributed by atoms with Crippen molar-refractivity contribution in [3.63, 3.8) is 0 Å². The molecule has 8 rings (SSSR count). The smallest absolute Gasteiger partial charge is 0.200 e. The van der Waals surface area contributed by atoms with Crippen molar-refractivity contribution in [2.24, 2.45) is 0 Å². The Balaban J connectivity index is 0.000000242. The molecule has 8 aromatic rings. The molecule has 0 saturated heterocycles. The van der Waals surface area contributed by atoms with Crippen molar-refractivity contribution in [2.45, 2.75) is 6.54 Å². The average molecular weight is 1000 g/mol. The molecule has 1 heterocycles. The standard InChI is InChI=1S/C24BF20.C23H18NO/c26-5-1(6(27)14(35)21(42)13(5)34)25(2-7(28)15(36)22(43)16(37)8(2)29,3-9(30)17(38)23(44)18(39)10(3)31)4-11(32)19(40)24(45)20(41)12(4)33;25-23(22-12-6-10-19-9-4-5-11-21(19)22)20-13-15-24(16-14-20)17-18-7-2-1-3-8-18/h;1-16H,17H2/q-1;+1. The van der Waals surface area contributed by atoms with Crippen LogP contribution in [-0.2, 0) is 6.54 Å². The van der Waals surface area contributed by atoms with E-state index in [1.54, 1.807) is 0 Å². The Hall–Kier alpha value is -7.72. The molecule has 70 heavy (non-hydrogen) atoms. The number of carbonyl (C=O) groups excluding carboxylic acids is 1. The van der Waals surface area contributed by atoms with Crippen molar-refractivity contribution >= 4 is 44.6 Å². The number of ketones is 1. The molecule has 0 saturated carbocycles. The van der Waals surface area contributed by atoms with Crippen molar-refractivity contribution in [3.8, 4) is 0 Å². The van der Waals surface area contributed by atoms with Crippen LogP contribution in [0.1, 0.15) is 21.5 Å². The van der Waals surface area contributed by atoms with Crippen molar-refractivity contribution in [2.75, 3.05) is 0 Å². The van der Waals surface area contributed by atoms with Gasteiger partial charge in [0.2, 0.25) is 0 Å². The molecule has 0 atom stereocenters. The minimum Gasteiger partial charge on any atom is -0.289 e. The zero-order valence-corrected chi connectivity index (χ0v) is 33.9. The highest BCUT2D eigenvalue weighted by molar-refractivity contribution is 7.20. The fraction of sp³-hybridized carbons (Fsp3) is 0.0213. The van der Waals surface area contributed by atoms with E-state index in [2.05, 4.69) is 16.7 Å². The molecule has 0 unspecified atom stereocenters. The Morgan fingerprint density at radius 1 is 0.343 bits per heavy atom. The van der Waals surface area contributed by atoms with Crippen LogP contribution >= 0.6 is 0 Å². The SMILES string of the molecule is Fc1c(F)c(F)c([B-](c2c(F)c(F)c(F)c(F)c2F)(c2c(F)c(F)c(F)c(F)c2F)c2c(F)c(F)c(F)c(F)c2F)c(F)c1F.O=C(c1cc[n+](Cc2ccccc2)cc1)c1cccc2ccccc12. The van der Waals surface area contributed by atoms with Crippen LogP contribution in [0.25, 0.3) is 10.8 Å². The maximum absolute atomic E-state index is 15.4. The fourth-order valence-electron chi connectivity index (χ4n) is 7.96. The highest BCUT2D eigenvalue weighted by atomic mass is 19.2.